The number of rotatable bonds is 7. The van der Waals surface area contributed by atoms with Crippen LogP contribution in [0.4, 0.5) is 0 Å². The van der Waals surface area contributed by atoms with E-state index in [9.17, 15) is 0 Å². The number of benzene rings is 1. The van der Waals surface area contributed by atoms with Gasteiger partial charge in [0.15, 0.2) is 0 Å². The van der Waals surface area contributed by atoms with Gasteiger partial charge >= 0.3 is 0 Å². The molecule has 1 N–H and O–H groups in total. The van der Waals surface area contributed by atoms with Gasteiger partial charge in [-0.05, 0) is 50.3 Å². The van der Waals surface area contributed by atoms with E-state index in [0.717, 1.165) is 18.7 Å². The van der Waals surface area contributed by atoms with Crippen molar-refractivity contribution in [3.05, 3.63) is 29.3 Å². The van der Waals surface area contributed by atoms with Crippen LogP contribution in [0, 0.1) is 18.8 Å². The predicted molar refractivity (Wildman–Crippen MR) is 82.9 cm³/mol. The topological polar surface area (TPSA) is 21.3 Å². The third-order valence-corrected chi connectivity index (χ3v) is 3.92. The molecule has 0 aliphatic rings. The van der Waals surface area contributed by atoms with Gasteiger partial charge in [-0.25, -0.2) is 0 Å². The van der Waals surface area contributed by atoms with E-state index in [0.29, 0.717) is 17.9 Å². The fourth-order valence-corrected chi connectivity index (χ4v) is 2.78. The fraction of sp³-hybridized carbons (Fsp3) is 0.647. The Morgan fingerprint density at radius 1 is 1.21 bits per heavy atom. The van der Waals surface area contributed by atoms with Gasteiger partial charge in [-0.3, -0.25) is 0 Å². The third kappa shape index (κ3) is 4.54. The molecule has 0 saturated heterocycles. The second kappa shape index (κ2) is 7.54. The lowest BCUT2D eigenvalue weighted by molar-refractivity contribution is 0.288. The summed E-state index contributed by atoms with van der Waals surface area (Å²) in [7, 11) is 1.76. The molecule has 0 bridgehead atoms. The molecule has 2 heteroatoms. The van der Waals surface area contributed by atoms with Crippen LogP contribution < -0.4 is 10.1 Å². The summed E-state index contributed by atoms with van der Waals surface area (Å²) in [6.07, 6.45) is 1.07. The Morgan fingerprint density at radius 3 is 2.42 bits per heavy atom. The first-order chi connectivity index (χ1) is 8.99. The van der Waals surface area contributed by atoms with Crippen molar-refractivity contribution >= 4 is 0 Å². The molecule has 0 aliphatic carbocycles. The van der Waals surface area contributed by atoms with E-state index in [1.165, 1.54) is 11.1 Å². The second-order valence-electron chi connectivity index (χ2n) is 5.77. The average molecular weight is 263 g/mol. The van der Waals surface area contributed by atoms with Crippen LogP contribution in [0.25, 0.3) is 0 Å². The van der Waals surface area contributed by atoms with E-state index in [1.54, 1.807) is 7.11 Å². The molecule has 2 unspecified atom stereocenters. The molecule has 1 rings (SSSR count). The van der Waals surface area contributed by atoms with Crippen molar-refractivity contribution in [2.75, 3.05) is 13.7 Å². The lowest BCUT2D eigenvalue weighted by Crippen LogP contribution is -2.37. The molecule has 1 aromatic carbocycles. The van der Waals surface area contributed by atoms with E-state index < -0.39 is 0 Å². The minimum atomic E-state index is 0.523. The standard InChI is InChI=1S/C17H29NO/c1-7-18-14(5)16(12(2)3)11-15-10-13(4)8-9-17(15)19-6/h8-10,12,14,16,18H,7,11H2,1-6H3. The van der Waals surface area contributed by atoms with Crippen LogP contribution in [0.5, 0.6) is 5.75 Å². The van der Waals surface area contributed by atoms with E-state index >= 15 is 0 Å². The van der Waals surface area contributed by atoms with Gasteiger partial charge in [-0.15, -0.1) is 0 Å². The largest absolute Gasteiger partial charge is 0.496 e. The number of aryl methyl sites for hydroxylation is 1. The maximum atomic E-state index is 5.50. The van der Waals surface area contributed by atoms with Crippen LogP contribution in [0.15, 0.2) is 18.2 Å². The molecule has 0 saturated carbocycles. The Morgan fingerprint density at radius 2 is 1.89 bits per heavy atom. The molecule has 0 spiro atoms. The van der Waals surface area contributed by atoms with Gasteiger partial charge in [0.1, 0.15) is 5.75 Å². The molecule has 0 heterocycles. The zero-order valence-electron chi connectivity index (χ0n) is 13.3. The Labute approximate surface area is 118 Å². The van der Waals surface area contributed by atoms with Crippen molar-refractivity contribution in [1.82, 2.24) is 5.32 Å². The zero-order chi connectivity index (χ0) is 14.4. The number of ether oxygens (including phenoxy) is 1. The third-order valence-electron chi connectivity index (χ3n) is 3.92. The van der Waals surface area contributed by atoms with E-state index in [1.807, 2.05) is 0 Å². The monoisotopic (exact) mass is 263 g/mol. The molecule has 2 atom stereocenters. The summed E-state index contributed by atoms with van der Waals surface area (Å²) in [6.45, 7) is 12.2. The fourth-order valence-electron chi connectivity index (χ4n) is 2.78. The van der Waals surface area contributed by atoms with Gasteiger partial charge in [-0.1, -0.05) is 38.5 Å². The second-order valence-corrected chi connectivity index (χ2v) is 5.77. The van der Waals surface area contributed by atoms with E-state index in [4.69, 9.17) is 4.74 Å². The van der Waals surface area contributed by atoms with Crippen molar-refractivity contribution in [3.63, 3.8) is 0 Å². The van der Waals surface area contributed by atoms with Crippen molar-refractivity contribution in [2.24, 2.45) is 11.8 Å². The lowest BCUT2D eigenvalue weighted by Gasteiger charge is -2.29. The first kappa shape index (κ1) is 16.0. The van der Waals surface area contributed by atoms with Gasteiger partial charge in [0.05, 0.1) is 7.11 Å². The Balaban J connectivity index is 2.92. The van der Waals surface area contributed by atoms with Gasteiger partial charge in [0.2, 0.25) is 0 Å². The van der Waals surface area contributed by atoms with Gasteiger partial charge in [0.25, 0.3) is 0 Å². The van der Waals surface area contributed by atoms with Gasteiger partial charge < -0.3 is 10.1 Å². The van der Waals surface area contributed by atoms with Gasteiger partial charge in [0, 0.05) is 6.04 Å². The summed E-state index contributed by atoms with van der Waals surface area (Å²) in [5, 5.41) is 3.56. The Kier molecular flexibility index (Phi) is 6.36. The van der Waals surface area contributed by atoms with Crippen molar-refractivity contribution < 1.29 is 4.74 Å². The van der Waals surface area contributed by atoms with E-state index in [2.05, 4.69) is 58.1 Å². The van der Waals surface area contributed by atoms with Crippen LogP contribution >= 0.6 is 0 Å². The highest BCUT2D eigenvalue weighted by Gasteiger charge is 2.22. The molecular weight excluding hydrogens is 234 g/mol. The highest BCUT2D eigenvalue weighted by Crippen LogP contribution is 2.27. The van der Waals surface area contributed by atoms with Crippen LogP contribution in [-0.2, 0) is 6.42 Å². The summed E-state index contributed by atoms with van der Waals surface area (Å²) in [5.41, 5.74) is 2.63. The summed E-state index contributed by atoms with van der Waals surface area (Å²) in [6, 6.07) is 6.98. The summed E-state index contributed by atoms with van der Waals surface area (Å²) in [5.74, 6) is 2.29. The minimum absolute atomic E-state index is 0.523. The minimum Gasteiger partial charge on any atom is -0.496 e. The Bertz CT molecular complexity index is 387. The quantitative estimate of drug-likeness (QED) is 0.807. The molecule has 0 aromatic heterocycles. The summed E-state index contributed by atoms with van der Waals surface area (Å²) < 4.78 is 5.50. The molecule has 108 valence electrons. The average Bonchev–Trinajstić information content (AvgIpc) is 2.36. The maximum absolute atomic E-state index is 5.50. The smallest absolute Gasteiger partial charge is 0.122 e. The molecule has 0 aliphatic heterocycles. The number of hydrogen-bond acceptors (Lipinski definition) is 2. The molecular formula is C17H29NO. The highest BCUT2D eigenvalue weighted by atomic mass is 16.5. The van der Waals surface area contributed by atoms with Crippen LogP contribution in [-0.4, -0.2) is 19.7 Å². The van der Waals surface area contributed by atoms with Crippen LogP contribution in [0.1, 0.15) is 38.8 Å². The predicted octanol–water partition coefficient (Wildman–Crippen LogP) is 3.82. The van der Waals surface area contributed by atoms with Crippen molar-refractivity contribution in [2.45, 2.75) is 47.1 Å². The highest BCUT2D eigenvalue weighted by molar-refractivity contribution is 5.37. The van der Waals surface area contributed by atoms with Crippen LogP contribution in [0.3, 0.4) is 0 Å². The molecule has 1 aromatic rings. The number of hydrogen-bond donors (Lipinski definition) is 1. The summed E-state index contributed by atoms with van der Waals surface area (Å²) >= 11 is 0. The Hall–Kier alpha value is -1.02. The zero-order valence-corrected chi connectivity index (χ0v) is 13.3. The molecule has 0 fully saturated rings. The molecule has 0 amide bonds. The van der Waals surface area contributed by atoms with Crippen molar-refractivity contribution in [3.8, 4) is 5.75 Å². The first-order valence-electron chi connectivity index (χ1n) is 7.36. The van der Waals surface area contributed by atoms with E-state index in [-0.39, 0.29) is 0 Å². The number of methoxy groups -OCH3 is 1. The first-order valence-corrected chi connectivity index (χ1v) is 7.36. The molecule has 19 heavy (non-hydrogen) atoms. The molecule has 2 nitrogen and oxygen atoms in total. The molecule has 0 radical (unpaired) electrons. The summed E-state index contributed by atoms with van der Waals surface area (Å²) in [4.78, 5) is 0. The SMILES string of the molecule is CCNC(C)C(Cc1cc(C)ccc1OC)C(C)C. The maximum Gasteiger partial charge on any atom is 0.122 e. The number of nitrogens with one attached hydrogen (secondary N) is 1. The van der Waals surface area contributed by atoms with Crippen LogP contribution in [0.2, 0.25) is 0 Å². The van der Waals surface area contributed by atoms with Crippen molar-refractivity contribution in [1.29, 1.82) is 0 Å². The van der Waals surface area contributed by atoms with Gasteiger partial charge in [-0.2, -0.15) is 0 Å². The lowest BCUT2D eigenvalue weighted by atomic mass is 9.83. The normalized spacial score (nSPS) is 14.5.